The predicted octanol–water partition coefficient (Wildman–Crippen LogP) is 5.09. The first-order valence-corrected chi connectivity index (χ1v) is 9.36. The fourth-order valence-electron chi connectivity index (χ4n) is 5.49. The molecular weight excluding hydrogens is 298 g/mol. The average Bonchev–Trinajstić information content (AvgIpc) is 2.52. The molecule has 0 heterocycles. The molecule has 1 aromatic carbocycles. The van der Waals surface area contributed by atoms with Gasteiger partial charge in [0.2, 0.25) is 0 Å². The summed E-state index contributed by atoms with van der Waals surface area (Å²) in [4.78, 5) is 11.0. The molecule has 132 valence electrons. The van der Waals surface area contributed by atoms with Crippen molar-refractivity contribution in [2.45, 2.75) is 71.1 Å². The minimum atomic E-state index is -0.902. The molecule has 3 atom stereocenters. The number of benzene rings is 1. The number of nitrogens with one attached hydrogen (secondary N) is 1. The Morgan fingerprint density at radius 2 is 2.08 bits per heavy atom. The highest BCUT2D eigenvalue weighted by atomic mass is 16.4. The van der Waals surface area contributed by atoms with Crippen LogP contribution in [0.25, 0.3) is 0 Å². The zero-order chi connectivity index (χ0) is 17.5. The van der Waals surface area contributed by atoms with Gasteiger partial charge in [0.25, 0.3) is 0 Å². The minimum Gasteiger partial charge on any atom is -0.465 e. The van der Waals surface area contributed by atoms with E-state index in [1.54, 1.807) is 0 Å². The molecule has 0 spiro atoms. The molecule has 0 bridgehead atoms. The van der Waals surface area contributed by atoms with E-state index in [4.69, 9.17) is 5.11 Å². The summed E-state index contributed by atoms with van der Waals surface area (Å²) in [6.45, 7) is 9.79. The van der Waals surface area contributed by atoms with Crippen molar-refractivity contribution in [1.82, 2.24) is 5.32 Å². The van der Waals surface area contributed by atoms with Gasteiger partial charge in [-0.25, -0.2) is 4.79 Å². The van der Waals surface area contributed by atoms with Crippen LogP contribution >= 0.6 is 0 Å². The molecule has 3 rings (SSSR count). The highest BCUT2D eigenvalue weighted by Gasteiger charge is 2.51. The van der Waals surface area contributed by atoms with E-state index >= 15 is 0 Å². The maximum absolute atomic E-state index is 11.0. The van der Waals surface area contributed by atoms with E-state index in [1.165, 1.54) is 36.0 Å². The van der Waals surface area contributed by atoms with E-state index < -0.39 is 6.09 Å². The first-order chi connectivity index (χ1) is 11.3. The van der Waals surface area contributed by atoms with E-state index in [0.717, 1.165) is 12.8 Å². The number of carbonyl (C=O) groups is 1. The van der Waals surface area contributed by atoms with E-state index in [0.29, 0.717) is 18.4 Å². The van der Waals surface area contributed by atoms with E-state index in [1.807, 2.05) is 0 Å². The van der Waals surface area contributed by atoms with Crippen molar-refractivity contribution in [3.05, 3.63) is 34.9 Å². The summed E-state index contributed by atoms with van der Waals surface area (Å²) < 4.78 is 0. The van der Waals surface area contributed by atoms with Gasteiger partial charge in [0.1, 0.15) is 0 Å². The Kier molecular flexibility index (Phi) is 4.39. The van der Waals surface area contributed by atoms with Crippen molar-refractivity contribution in [2.75, 3.05) is 6.54 Å². The van der Waals surface area contributed by atoms with Crippen LogP contribution in [0.2, 0.25) is 0 Å². The topological polar surface area (TPSA) is 49.3 Å². The van der Waals surface area contributed by atoms with Gasteiger partial charge >= 0.3 is 6.09 Å². The molecule has 0 aromatic heterocycles. The van der Waals surface area contributed by atoms with Gasteiger partial charge in [-0.1, -0.05) is 52.3 Å². The average molecular weight is 329 g/mol. The molecule has 2 N–H and O–H groups in total. The summed E-state index contributed by atoms with van der Waals surface area (Å²) in [6.07, 6.45) is 4.90. The molecule has 1 aromatic rings. The van der Waals surface area contributed by atoms with Gasteiger partial charge in [-0.2, -0.15) is 0 Å². The standard InChI is InChI=1S/C21H31NO2/c1-14(2)15-6-8-17-16(12-15)7-9-18-20(3,13-22-19(23)24)10-5-11-21(17,18)4/h6,8,12,14,18,22H,5,7,9-11,13H2,1-4H3,(H,23,24). The third kappa shape index (κ3) is 2.82. The summed E-state index contributed by atoms with van der Waals surface area (Å²) in [5.41, 5.74) is 4.71. The fraction of sp³-hybridized carbons (Fsp3) is 0.667. The Labute approximate surface area is 145 Å². The van der Waals surface area contributed by atoms with Crippen LogP contribution in [0.4, 0.5) is 4.79 Å². The number of aryl methyl sites for hydroxylation is 1. The van der Waals surface area contributed by atoms with Gasteiger partial charge in [-0.15, -0.1) is 0 Å². The lowest BCUT2D eigenvalue weighted by molar-refractivity contribution is 0.0263. The monoisotopic (exact) mass is 329 g/mol. The second kappa shape index (κ2) is 6.09. The zero-order valence-corrected chi connectivity index (χ0v) is 15.5. The molecule has 3 nitrogen and oxygen atoms in total. The van der Waals surface area contributed by atoms with Gasteiger partial charge in [0.15, 0.2) is 0 Å². The second-order valence-electron chi connectivity index (χ2n) is 8.75. The predicted molar refractivity (Wildman–Crippen MR) is 97.7 cm³/mol. The summed E-state index contributed by atoms with van der Waals surface area (Å²) in [7, 11) is 0. The molecule has 2 aliphatic rings. The largest absolute Gasteiger partial charge is 0.465 e. The Hall–Kier alpha value is -1.51. The molecule has 0 saturated heterocycles. The summed E-state index contributed by atoms with van der Waals surface area (Å²) >= 11 is 0. The molecule has 3 unspecified atom stereocenters. The molecular formula is C21H31NO2. The first-order valence-electron chi connectivity index (χ1n) is 9.36. The van der Waals surface area contributed by atoms with Crippen LogP contribution in [0.5, 0.6) is 0 Å². The molecule has 0 aliphatic heterocycles. The highest BCUT2D eigenvalue weighted by Crippen LogP contribution is 2.57. The highest BCUT2D eigenvalue weighted by molar-refractivity contribution is 5.64. The van der Waals surface area contributed by atoms with Crippen LogP contribution in [-0.2, 0) is 11.8 Å². The van der Waals surface area contributed by atoms with E-state index in [2.05, 4.69) is 51.2 Å². The number of carboxylic acid groups (broad SMARTS) is 1. The smallest absolute Gasteiger partial charge is 0.404 e. The maximum atomic E-state index is 11.0. The van der Waals surface area contributed by atoms with Crippen LogP contribution in [0.15, 0.2) is 18.2 Å². The number of amides is 1. The fourth-order valence-corrected chi connectivity index (χ4v) is 5.49. The van der Waals surface area contributed by atoms with Crippen LogP contribution in [0, 0.1) is 11.3 Å². The SMILES string of the molecule is CC(C)c1ccc2c(c1)CCC1C(C)(CNC(=O)O)CCCC21C. The van der Waals surface area contributed by atoms with Gasteiger partial charge in [-0.3, -0.25) is 0 Å². The van der Waals surface area contributed by atoms with Gasteiger partial charge in [0.05, 0.1) is 0 Å². The van der Waals surface area contributed by atoms with Crippen LogP contribution in [0.1, 0.15) is 76.0 Å². The Morgan fingerprint density at radius 3 is 2.75 bits per heavy atom. The second-order valence-corrected chi connectivity index (χ2v) is 8.75. The van der Waals surface area contributed by atoms with Crippen LogP contribution < -0.4 is 5.32 Å². The number of hydrogen-bond acceptors (Lipinski definition) is 1. The lowest BCUT2D eigenvalue weighted by Gasteiger charge is -2.55. The first kappa shape index (κ1) is 17.3. The minimum absolute atomic E-state index is 0.0554. The van der Waals surface area contributed by atoms with E-state index in [-0.39, 0.29) is 10.8 Å². The number of rotatable bonds is 3. The molecule has 24 heavy (non-hydrogen) atoms. The molecule has 0 radical (unpaired) electrons. The third-order valence-corrected chi connectivity index (χ3v) is 6.81. The normalized spacial score (nSPS) is 32.1. The molecule has 1 fully saturated rings. The number of fused-ring (bicyclic) bond motifs is 3. The van der Waals surface area contributed by atoms with Crippen molar-refractivity contribution in [3.8, 4) is 0 Å². The number of hydrogen-bond donors (Lipinski definition) is 2. The van der Waals surface area contributed by atoms with E-state index in [9.17, 15) is 4.79 Å². The Morgan fingerprint density at radius 1 is 1.33 bits per heavy atom. The van der Waals surface area contributed by atoms with Gasteiger partial charge < -0.3 is 10.4 Å². The van der Waals surface area contributed by atoms with Crippen molar-refractivity contribution in [1.29, 1.82) is 0 Å². The summed E-state index contributed by atoms with van der Waals surface area (Å²) in [6, 6.07) is 7.09. The molecule has 1 amide bonds. The van der Waals surface area contributed by atoms with Crippen molar-refractivity contribution in [3.63, 3.8) is 0 Å². The third-order valence-electron chi connectivity index (χ3n) is 6.81. The summed E-state index contributed by atoms with van der Waals surface area (Å²) in [5, 5.41) is 11.7. The Bertz CT molecular complexity index is 639. The van der Waals surface area contributed by atoms with Gasteiger partial charge in [0, 0.05) is 6.54 Å². The molecule has 3 heteroatoms. The quantitative estimate of drug-likeness (QED) is 0.811. The van der Waals surface area contributed by atoms with Crippen molar-refractivity contribution in [2.24, 2.45) is 11.3 Å². The lowest BCUT2D eigenvalue weighted by Crippen LogP contribution is -2.53. The zero-order valence-electron chi connectivity index (χ0n) is 15.5. The van der Waals surface area contributed by atoms with Crippen LogP contribution in [-0.4, -0.2) is 17.7 Å². The van der Waals surface area contributed by atoms with Crippen molar-refractivity contribution >= 4 is 6.09 Å². The maximum Gasteiger partial charge on any atom is 0.404 e. The van der Waals surface area contributed by atoms with Gasteiger partial charge in [-0.05, 0) is 65.0 Å². The lowest BCUT2D eigenvalue weighted by atomic mass is 9.49. The molecule has 2 aliphatic carbocycles. The van der Waals surface area contributed by atoms with Crippen LogP contribution in [0.3, 0.4) is 0 Å². The van der Waals surface area contributed by atoms with Crippen molar-refractivity contribution < 1.29 is 9.90 Å². The molecule has 1 saturated carbocycles. The summed E-state index contributed by atoms with van der Waals surface area (Å²) in [5.74, 6) is 1.11. The Balaban J connectivity index is 1.95.